The summed E-state index contributed by atoms with van der Waals surface area (Å²) < 4.78 is 1.83. The van der Waals surface area contributed by atoms with E-state index in [1.165, 1.54) is 0 Å². The Kier molecular flexibility index (Phi) is 2.60. The number of aromatic nitrogens is 3. The quantitative estimate of drug-likeness (QED) is 0.616. The van der Waals surface area contributed by atoms with Crippen LogP contribution in [0.1, 0.15) is 15.9 Å². The van der Waals surface area contributed by atoms with Crippen LogP contribution in [0.5, 0.6) is 0 Å². The molecule has 21 heavy (non-hydrogen) atoms. The molecule has 104 valence electrons. The van der Waals surface area contributed by atoms with Gasteiger partial charge in [-0.25, -0.2) is 0 Å². The Labute approximate surface area is 125 Å². The SMILES string of the molecule is NCCn1nc2c3c(c(Cl)ccc31)C(=O)c1cnccc1-2. The second kappa shape index (κ2) is 4.38. The minimum Gasteiger partial charge on any atom is -0.329 e. The summed E-state index contributed by atoms with van der Waals surface area (Å²) >= 11 is 6.25. The molecule has 0 unspecified atom stereocenters. The molecule has 0 saturated carbocycles. The van der Waals surface area contributed by atoms with Gasteiger partial charge in [0.25, 0.3) is 0 Å². The molecule has 6 heteroatoms. The first-order chi connectivity index (χ1) is 10.2. The van der Waals surface area contributed by atoms with E-state index in [0.717, 1.165) is 22.2 Å². The zero-order chi connectivity index (χ0) is 14.6. The summed E-state index contributed by atoms with van der Waals surface area (Å²) in [5.74, 6) is -0.103. The van der Waals surface area contributed by atoms with Crippen LogP contribution in [0, 0.1) is 0 Å². The molecule has 0 bridgehead atoms. The number of pyridine rings is 1. The maximum atomic E-state index is 12.7. The fraction of sp³-hybridized carbons (Fsp3) is 0.133. The standard InChI is InChI=1S/C15H11ClN4O/c16-10-1-2-11-13-12(10)15(21)9-7-18-5-3-8(9)14(13)19-20(11)6-4-17/h1-3,5,7H,4,6,17H2. The van der Waals surface area contributed by atoms with Crippen LogP contribution in [-0.4, -0.2) is 27.1 Å². The van der Waals surface area contributed by atoms with E-state index in [2.05, 4.69) is 10.1 Å². The van der Waals surface area contributed by atoms with Gasteiger partial charge in [-0.2, -0.15) is 5.10 Å². The molecule has 1 aliphatic carbocycles. The van der Waals surface area contributed by atoms with Crippen molar-refractivity contribution in [3.8, 4) is 11.3 Å². The van der Waals surface area contributed by atoms with Crippen molar-refractivity contribution in [3.63, 3.8) is 0 Å². The van der Waals surface area contributed by atoms with Crippen molar-refractivity contribution in [1.29, 1.82) is 0 Å². The number of halogens is 1. The summed E-state index contributed by atoms with van der Waals surface area (Å²) in [7, 11) is 0. The van der Waals surface area contributed by atoms with E-state index < -0.39 is 0 Å². The third-order valence-electron chi connectivity index (χ3n) is 3.76. The second-order valence-corrected chi connectivity index (χ2v) is 5.33. The maximum Gasteiger partial charge on any atom is 0.197 e. The number of carbonyl (C=O) groups is 1. The molecule has 0 radical (unpaired) electrons. The first-order valence-corrected chi connectivity index (χ1v) is 6.98. The summed E-state index contributed by atoms with van der Waals surface area (Å²) in [5.41, 5.74) is 9.14. The molecule has 1 aromatic carbocycles. The topological polar surface area (TPSA) is 73.8 Å². The van der Waals surface area contributed by atoms with Crippen LogP contribution >= 0.6 is 11.6 Å². The molecule has 2 aromatic heterocycles. The van der Waals surface area contributed by atoms with Gasteiger partial charge in [0.05, 0.1) is 28.2 Å². The van der Waals surface area contributed by atoms with E-state index in [0.29, 0.717) is 29.2 Å². The summed E-state index contributed by atoms with van der Waals surface area (Å²) in [6.45, 7) is 1.07. The highest BCUT2D eigenvalue weighted by atomic mass is 35.5. The van der Waals surface area contributed by atoms with Gasteiger partial charge in [0, 0.05) is 29.9 Å². The molecular weight excluding hydrogens is 288 g/mol. The van der Waals surface area contributed by atoms with Crippen LogP contribution in [0.15, 0.2) is 30.6 Å². The molecule has 0 spiro atoms. The van der Waals surface area contributed by atoms with Crippen molar-refractivity contribution in [3.05, 3.63) is 46.7 Å². The molecule has 4 rings (SSSR count). The lowest BCUT2D eigenvalue weighted by Gasteiger charge is -2.14. The average molecular weight is 299 g/mol. The van der Waals surface area contributed by atoms with Gasteiger partial charge in [0.15, 0.2) is 5.78 Å². The molecule has 0 atom stereocenters. The van der Waals surface area contributed by atoms with E-state index in [-0.39, 0.29) is 5.78 Å². The van der Waals surface area contributed by atoms with Crippen LogP contribution in [0.25, 0.3) is 22.2 Å². The van der Waals surface area contributed by atoms with Gasteiger partial charge < -0.3 is 5.73 Å². The minimum absolute atomic E-state index is 0.103. The Bertz CT molecular complexity index is 900. The van der Waals surface area contributed by atoms with Crippen molar-refractivity contribution < 1.29 is 4.79 Å². The van der Waals surface area contributed by atoms with Crippen LogP contribution in [0.2, 0.25) is 5.02 Å². The van der Waals surface area contributed by atoms with Crippen molar-refractivity contribution in [2.24, 2.45) is 5.73 Å². The van der Waals surface area contributed by atoms with Gasteiger partial charge in [0.1, 0.15) is 5.69 Å². The molecule has 0 fully saturated rings. The number of fused-ring (bicyclic) bond motifs is 2. The zero-order valence-corrected chi connectivity index (χ0v) is 11.8. The predicted octanol–water partition coefficient (Wildman–Crippen LogP) is 2.25. The fourth-order valence-corrected chi connectivity index (χ4v) is 3.11. The lowest BCUT2D eigenvalue weighted by Crippen LogP contribution is -2.10. The number of nitrogens with zero attached hydrogens (tertiary/aromatic N) is 3. The molecule has 5 nitrogen and oxygen atoms in total. The normalized spacial score (nSPS) is 12.8. The van der Waals surface area contributed by atoms with Gasteiger partial charge in [-0.1, -0.05) is 11.6 Å². The summed E-state index contributed by atoms with van der Waals surface area (Å²) in [4.78, 5) is 16.7. The predicted molar refractivity (Wildman–Crippen MR) is 80.5 cm³/mol. The van der Waals surface area contributed by atoms with Gasteiger partial charge in [-0.05, 0) is 18.2 Å². The molecule has 0 aliphatic heterocycles. The molecule has 2 N–H and O–H groups in total. The molecule has 1 aliphatic rings. The third kappa shape index (κ3) is 1.58. The van der Waals surface area contributed by atoms with Crippen molar-refractivity contribution in [1.82, 2.24) is 14.8 Å². The van der Waals surface area contributed by atoms with E-state index in [1.807, 2.05) is 16.8 Å². The van der Waals surface area contributed by atoms with Crippen molar-refractivity contribution in [2.45, 2.75) is 6.54 Å². The first-order valence-electron chi connectivity index (χ1n) is 6.60. The van der Waals surface area contributed by atoms with Crippen LogP contribution in [0.3, 0.4) is 0 Å². The summed E-state index contributed by atoms with van der Waals surface area (Å²) in [6, 6.07) is 5.43. The molecular formula is C15H11ClN4O. The number of carbonyl (C=O) groups excluding carboxylic acids is 1. The van der Waals surface area contributed by atoms with Gasteiger partial charge in [-0.3, -0.25) is 14.5 Å². The molecule has 0 amide bonds. The largest absolute Gasteiger partial charge is 0.329 e. The van der Waals surface area contributed by atoms with Crippen LogP contribution in [0.4, 0.5) is 0 Å². The highest BCUT2D eigenvalue weighted by molar-refractivity contribution is 6.39. The fourth-order valence-electron chi connectivity index (χ4n) is 2.87. The van der Waals surface area contributed by atoms with Crippen molar-refractivity contribution in [2.75, 3.05) is 6.54 Å². The lowest BCUT2D eigenvalue weighted by atomic mass is 9.89. The number of hydrogen-bond donors (Lipinski definition) is 1. The van der Waals surface area contributed by atoms with E-state index >= 15 is 0 Å². The maximum absolute atomic E-state index is 12.7. The van der Waals surface area contributed by atoms with E-state index in [9.17, 15) is 4.79 Å². The number of nitrogens with two attached hydrogens (primary N) is 1. The highest BCUT2D eigenvalue weighted by Gasteiger charge is 2.30. The van der Waals surface area contributed by atoms with Gasteiger partial charge >= 0.3 is 0 Å². The van der Waals surface area contributed by atoms with Crippen molar-refractivity contribution >= 4 is 28.3 Å². The van der Waals surface area contributed by atoms with Gasteiger partial charge in [-0.15, -0.1) is 0 Å². The molecule has 3 aromatic rings. The monoisotopic (exact) mass is 298 g/mol. The Balaban J connectivity index is 2.18. The first kappa shape index (κ1) is 12.5. The number of ketones is 1. The number of hydrogen-bond acceptors (Lipinski definition) is 4. The Hall–Kier alpha value is -2.24. The number of rotatable bonds is 2. The molecule has 0 saturated heterocycles. The Morgan fingerprint density at radius 1 is 1.24 bits per heavy atom. The second-order valence-electron chi connectivity index (χ2n) is 4.93. The Morgan fingerprint density at radius 3 is 2.90 bits per heavy atom. The lowest BCUT2D eigenvalue weighted by molar-refractivity contribution is 0.104. The number of benzene rings is 1. The van der Waals surface area contributed by atoms with E-state index in [4.69, 9.17) is 17.3 Å². The van der Waals surface area contributed by atoms with E-state index in [1.54, 1.807) is 18.5 Å². The Morgan fingerprint density at radius 2 is 2.10 bits per heavy atom. The third-order valence-corrected chi connectivity index (χ3v) is 4.07. The minimum atomic E-state index is -0.103. The van der Waals surface area contributed by atoms with Crippen LogP contribution < -0.4 is 5.73 Å². The molecule has 2 heterocycles. The van der Waals surface area contributed by atoms with Gasteiger partial charge in [0.2, 0.25) is 0 Å². The highest BCUT2D eigenvalue weighted by Crippen LogP contribution is 2.41. The summed E-state index contributed by atoms with van der Waals surface area (Å²) in [5, 5.41) is 5.87. The summed E-state index contributed by atoms with van der Waals surface area (Å²) in [6.07, 6.45) is 3.23. The zero-order valence-electron chi connectivity index (χ0n) is 11.0. The van der Waals surface area contributed by atoms with Crippen LogP contribution in [-0.2, 0) is 6.54 Å². The smallest absolute Gasteiger partial charge is 0.197 e. The average Bonchev–Trinajstić information content (AvgIpc) is 2.85.